The number of carbonyl (C=O) groups excluding carboxylic acids is 2. The number of Topliss-reactive ketones (excluding diaryl/α,β-unsaturated/α-hetero) is 1. The number of aliphatic hydroxyl groups is 2. The number of aliphatic hydroxyl groups excluding tert-OH is 2. The topological polar surface area (TPSA) is 83.8 Å². The average Bonchev–Trinajstić information content (AvgIpc) is 2.88. The highest BCUT2D eigenvalue weighted by Crippen LogP contribution is 2.69. The lowest BCUT2D eigenvalue weighted by atomic mass is 9.46. The number of carbonyl (C=O) groups is 2. The van der Waals surface area contributed by atoms with Crippen molar-refractivity contribution < 1.29 is 24.5 Å². The molecule has 0 aromatic rings. The number of fused-ring (bicyclic) bond motifs is 5. The van der Waals surface area contributed by atoms with E-state index in [9.17, 15) is 19.8 Å². The van der Waals surface area contributed by atoms with Gasteiger partial charge in [-0.15, -0.1) is 0 Å². The number of allylic oxidation sites excluding steroid dienone is 4. The molecular weight excluding hydrogens is 356 g/mol. The maximum atomic E-state index is 12.9. The van der Waals surface area contributed by atoms with Gasteiger partial charge in [0.15, 0.2) is 11.6 Å². The summed E-state index contributed by atoms with van der Waals surface area (Å²) in [6, 6.07) is 0. The SMILES string of the molecule is CO[C@]1(C(=O)CO)[C@H](C)C[C@H]2[C@@H]3CCC4=CC(=O)C=C[C@]4(C)C3[C@@H](O)C[C@@]21C. The molecule has 4 rings (SSSR count). The first kappa shape index (κ1) is 20.0. The van der Waals surface area contributed by atoms with Crippen LogP contribution in [0.1, 0.15) is 46.5 Å². The van der Waals surface area contributed by atoms with E-state index in [4.69, 9.17) is 4.74 Å². The number of ketones is 2. The Labute approximate surface area is 166 Å². The van der Waals surface area contributed by atoms with Gasteiger partial charge in [0.1, 0.15) is 12.2 Å². The summed E-state index contributed by atoms with van der Waals surface area (Å²) in [5.74, 6) is 0.243. The third-order valence-electron chi connectivity index (χ3n) is 8.92. The first-order valence-corrected chi connectivity index (χ1v) is 10.5. The molecule has 0 aromatic carbocycles. The first-order chi connectivity index (χ1) is 13.2. The van der Waals surface area contributed by atoms with Gasteiger partial charge in [0.05, 0.1) is 6.10 Å². The molecule has 0 aliphatic heterocycles. The van der Waals surface area contributed by atoms with E-state index in [0.29, 0.717) is 6.42 Å². The van der Waals surface area contributed by atoms with Gasteiger partial charge in [0, 0.05) is 23.9 Å². The van der Waals surface area contributed by atoms with Crippen LogP contribution in [0.3, 0.4) is 0 Å². The minimum absolute atomic E-state index is 0.0219. The highest BCUT2D eigenvalue weighted by Gasteiger charge is 2.71. The quantitative estimate of drug-likeness (QED) is 0.776. The Kier molecular flexibility index (Phi) is 4.53. The molecule has 0 bridgehead atoms. The largest absolute Gasteiger partial charge is 0.393 e. The van der Waals surface area contributed by atoms with Crippen LogP contribution in [0.25, 0.3) is 0 Å². The fourth-order valence-corrected chi connectivity index (χ4v) is 7.90. The molecular formula is C23H32O5. The standard InChI is InChI=1S/C23H32O5/c1-13-9-17-16-6-5-14-10-15(25)7-8-21(14,2)20(16)18(26)11-22(17,3)23(13,28-4)19(27)12-24/h7-8,10,13,16-18,20,24,26H,5-6,9,11-12H2,1-4H3/t13-,16+,17+,18+,20?,21+,22+,23+/m1/s1. The van der Waals surface area contributed by atoms with Crippen LogP contribution in [0.5, 0.6) is 0 Å². The minimum atomic E-state index is -1.06. The van der Waals surface area contributed by atoms with Gasteiger partial charge >= 0.3 is 0 Å². The Balaban J connectivity index is 1.79. The van der Waals surface area contributed by atoms with Crippen molar-refractivity contribution in [1.29, 1.82) is 0 Å². The van der Waals surface area contributed by atoms with E-state index < -0.39 is 23.7 Å². The monoisotopic (exact) mass is 388 g/mol. The molecule has 5 heteroatoms. The second kappa shape index (κ2) is 6.35. The maximum Gasteiger partial charge on any atom is 0.190 e. The smallest absolute Gasteiger partial charge is 0.190 e. The van der Waals surface area contributed by atoms with Crippen LogP contribution < -0.4 is 0 Å². The highest BCUT2D eigenvalue weighted by molar-refractivity contribution is 6.01. The van der Waals surface area contributed by atoms with E-state index in [2.05, 4.69) is 13.8 Å². The second-order valence-electron chi connectivity index (χ2n) is 9.87. The fraction of sp³-hybridized carbons (Fsp3) is 0.739. The number of ether oxygens (including phenoxy) is 1. The molecule has 4 aliphatic carbocycles. The zero-order valence-electron chi connectivity index (χ0n) is 17.3. The molecule has 5 nitrogen and oxygen atoms in total. The summed E-state index contributed by atoms with van der Waals surface area (Å²) >= 11 is 0. The Morgan fingerprint density at radius 2 is 2.07 bits per heavy atom. The van der Waals surface area contributed by atoms with Crippen LogP contribution in [-0.4, -0.2) is 47.2 Å². The molecule has 2 N–H and O–H groups in total. The summed E-state index contributed by atoms with van der Waals surface area (Å²) < 4.78 is 5.92. The second-order valence-corrected chi connectivity index (χ2v) is 9.87. The molecule has 154 valence electrons. The van der Waals surface area contributed by atoms with Gasteiger partial charge in [-0.2, -0.15) is 0 Å². The van der Waals surface area contributed by atoms with Gasteiger partial charge in [-0.3, -0.25) is 9.59 Å². The maximum absolute atomic E-state index is 12.9. The van der Waals surface area contributed by atoms with Gasteiger partial charge in [-0.1, -0.05) is 32.4 Å². The number of hydrogen-bond acceptors (Lipinski definition) is 5. The van der Waals surface area contributed by atoms with Crippen molar-refractivity contribution in [2.24, 2.45) is 34.5 Å². The van der Waals surface area contributed by atoms with E-state index in [-0.39, 0.29) is 40.7 Å². The van der Waals surface area contributed by atoms with Crippen LogP contribution in [0.4, 0.5) is 0 Å². The van der Waals surface area contributed by atoms with E-state index in [1.807, 2.05) is 13.0 Å². The molecule has 28 heavy (non-hydrogen) atoms. The molecule has 3 fully saturated rings. The summed E-state index contributed by atoms with van der Waals surface area (Å²) in [4.78, 5) is 24.8. The van der Waals surface area contributed by atoms with Crippen molar-refractivity contribution >= 4 is 11.6 Å². The van der Waals surface area contributed by atoms with Gasteiger partial charge in [-0.05, 0) is 55.6 Å². The van der Waals surface area contributed by atoms with Gasteiger partial charge in [-0.25, -0.2) is 0 Å². The third-order valence-corrected chi connectivity index (χ3v) is 8.92. The highest BCUT2D eigenvalue weighted by atomic mass is 16.5. The predicted molar refractivity (Wildman–Crippen MR) is 104 cm³/mol. The Hall–Kier alpha value is -1.30. The molecule has 1 unspecified atom stereocenters. The Morgan fingerprint density at radius 1 is 1.36 bits per heavy atom. The van der Waals surface area contributed by atoms with Crippen molar-refractivity contribution in [3.05, 3.63) is 23.8 Å². The summed E-state index contributed by atoms with van der Waals surface area (Å²) in [6.07, 6.45) is 7.86. The van der Waals surface area contributed by atoms with Crippen LogP contribution in [0.15, 0.2) is 23.8 Å². The Bertz CT molecular complexity index is 769. The zero-order chi connectivity index (χ0) is 20.5. The lowest BCUT2D eigenvalue weighted by Crippen LogP contribution is -2.63. The van der Waals surface area contributed by atoms with E-state index in [0.717, 1.165) is 24.8 Å². The fourth-order valence-electron chi connectivity index (χ4n) is 7.90. The van der Waals surface area contributed by atoms with Gasteiger partial charge in [0.2, 0.25) is 0 Å². The summed E-state index contributed by atoms with van der Waals surface area (Å²) in [6.45, 7) is 5.72. The minimum Gasteiger partial charge on any atom is -0.393 e. The van der Waals surface area contributed by atoms with Gasteiger partial charge < -0.3 is 14.9 Å². The van der Waals surface area contributed by atoms with Crippen LogP contribution in [0, 0.1) is 34.5 Å². The average molecular weight is 389 g/mol. The Morgan fingerprint density at radius 3 is 2.71 bits per heavy atom. The van der Waals surface area contributed by atoms with Crippen molar-refractivity contribution in [3.8, 4) is 0 Å². The summed E-state index contributed by atoms with van der Waals surface area (Å²) in [7, 11) is 1.56. The molecule has 4 aliphatic rings. The van der Waals surface area contributed by atoms with E-state index in [1.54, 1.807) is 19.3 Å². The van der Waals surface area contributed by atoms with Gasteiger partial charge in [0.25, 0.3) is 0 Å². The molecule has 3 saturated carbocycles. The predicted octanol–water partition coefficient (Wildman–Crippen LogP) is 2.46. The summed E-state index contributed by atoms with van der Waals surface area (Å²) in [5, 5.41) is 21.1. The van der Waals surface area contributed by atoms with E-state index in [1.165, 1.54) is 0 Å². The molecule has 8 atom stereocenters. The van der Waals surface area contributed by atoms with Crippen molar-refractivity contribution in [2.45, 2.75) is 58.2 Å². The lowest BCUT2D eigenvalue weighted by Gasteiger charge is -2.60. The van der Waals surface area contributed by atoms with E-state index >= 15 is 0 Å². The van der Waals surface area contributed by atoms with Crippen molar-refractivity contribution in [2.75, 3.05) is 13.7 Å². The molecule has 0 radical (unpaired) electrons. The molecule has 0 spiro atoms. The third kappa shape index (κ3) is 2.24. The molecule has 0 aromatic heterocycles. The number of hydrogen-bond donors (Lipinski definition) is 2. The number of rotatable bonds is 3. The van der Waals surface area contributed by atoms with Crippen LogP contribution in [0.2, 0.25) is 0 Å². The molecule has 0 amide bonds. The van der Waals surface area contributed by atoms with Crippen LogP contribution >= 0.6 is 0 Å². The first-order valence-electron chi connectivity index (χ1n) is 10.5. The van der Waals surface area contributed by atoms with Crippen molar-refractivity contribution in [3.63, 3.8) is 0 Å². The zero-order valence-corrected chi connectivity index (χ0v) is 17.3. The normalized spacial score (nSPS) is 49.9. The lowest BCUT2D eigenvalue weighted by molar-refractivity contribution is -0.192. The van der Waals surface area contributed by atoms with Crippen LogP contribution in [-0.2, 0) is 14.3 Å². The summed E-state index contributed by atoms with van der Waals surface area (Å²) in [5.41, 5.74) is -0.777. The molecule has 0 saturated heterocycles. The van der Waals surface area contributed by atoms with Crippen molar-refractivity contribution in [1.82, 2.24) is 0 Å². The number of methoxy groups -OCH3 is 1. The molecule has 0 heterocycles.